The third-order valence-corrected chi connectivity index (χ3v) is 5.60. The molecular weight excluding hydrogens is 488 g/mol. The topological polar surface area (TPSA) is 108 Å². The Morgan fingerprint density at radius 3 is 1.24 bits per heavy atom. The molecule has 0 spiro atoms. The van der Waals surface area contributed by atoms with Crippen LogP contribution in [0.5, 0.6) is 0 Å². The van der Waals surface area contributed by atoms with Crippen LogP contribution in [-0.4, -0.2) is 0 Å². The maximum atomic E-state index is 8.49. The lowest BCUT2D eigenvalue weighted by Crippen LogP contribution is -2.68. The third-order valence-electron chi connectivity index (χ3n) is 5.60. The van der Waals surface area contributed by atoms with Crippen LogP contribution in [0.3, 0.4) is 0 Å². The monoisotopic (exact) mass is 512 g/mol. The number of aromatic nitrogens is 1. The molecule has 0 saturated heterocycles. The first kappa shape index (κ1) is 26.0. The van der Waals surface area contributed by atoms with Crippen molar-refractivity contribution in [2.24, 2.45) is 0 Å². The van der Waals surface area contributed by atoms with E-state index in [1.807, 2.05) is 0 Å². The Morgan fingerprint density at radius 2 is 0.838 bits per heavy atom. The van der Waals surface area contributed by atoms with Gasteiger partial charge in [0, 0.05) is 23.3 Å². The van der Waals surface area contributed by atoms with E-state index in [1.54, 1.807) is 0 Å². The fourth-order valence-corrected chi connectivity index (χ4v) is 3.97. The number of pyridine rings is 1. The smallest absolute Gasteiger partial charge is 0.222 e. The molecule has 7 heteroatoms. The highest BCUT2D eigenvalue weighted by molar-refractivity contribution is 5.73. The van der Waals surface area contributed by atoms with Crippen molar-refractivity contribution in [2.75, 3.05) is 5.43 Å². The number of nitrogens with one attached hydrogen (secondary N) is 1. The largest absolute Gasteiger partial charge is 0.243 e. The second-order valence-electron chi connectivity index (χ2n) is 8.15. The molecule has 1 aromatic heterocycles. The molecule has 5 rings (SSSR count). The van der Waals surface area contributed by atoms with E-state index in [1.165, 1.54) is 27.8 Å². The van der Waals surface area contributed by atoms with Crippen molar-refractivity contribution in [3.05, 3.63) is 139 Å². The molecule has 186 valence electrons. The minimum Gasteiger partial charge on any atom is -0.222 e. The van der Waals surface area contributed by atoms with Crippen LogP contribution in [0, 0.1) is 10.2 Å². The van der Waals surface area contributed by atoms with Crippen LogP contribution < -0.4 is 28.7 Å². The lowest BCUT2D eigenvalue weighted by atomic mass is 9.99. The lowest BCUT2D eigenvalue weighted by molar-refractivity contribution is -2.00. The zero-order valence-electron chi connectivity index (χ0n) is 19.9. The molecule has 5 aromatic rings. The summed E-state index contributed by atoms with van der Waals surface area (Å²) in [6.45, 7) is 0.732. The highest BCUT2D eigenvalue weighted by atomic mass is 35.7. The molecular formula is C30H25ClN2O4. The second kappa shape index (κ2) is 12.3. The van der Waals surface area contributed by atoms with Crippen LogP contribution in [0.25, 0.3) is 33.6 Å². The minimum absolute atomic E-state index is 0.732. The van der Waals surface area contributed by atoms with Gasteiger partial charge in [-0.05, 0) is 41.0 Å². The van der Waals surface area contributed by atoms with Crippen molar-refractivity contribution < 1.29 is 33.6 Å². The van der Waals surface area contributed by atoms with Gasteiger partial charge in [0.2, 0.25) is 11.4 Å². The molecule has 0 aliphatic carbocycles. The molecule has 0 saturated carbocycles. The average molecular weight is 513 g/mol. The zero-order valence-corrected chi connectivity index (χ0v) is 20.6. The average Bonchev–Trinajstić information content (AvgIpc) is 2.92. The van der Waals surface area contributed by atoms with E-state index in [0.717, 1.165) is 17.9 Å². The summed E-state index contributed by atoms with van der Waals surface area (Å²) in [6.07, 6.45) is 0. The Morgan fingerprint density at radius 1 is 0.486 bits per heavy atom. The number of nitrogens with zero attached hydrogens (tertiary/aromatic N) is 1. The Labute approximate surface area is 218 Å². The summed E-state index contributed by atoms with van der Waals surface area (Å²) in [7, 11) is -4.94. The first-order chi connectivity index (χ1) is 17.9. The summed E-state index contributed by atoms with van der Waals surface area (Å²) in [4.78, 5) is 0. The van der Waals surface area contributed by atoms with Gasteiger partial charge in [0.15, 0.2) is 0 Å². The van der Waals surface area contributed by atoms with Gasteiger partial charge >= 0.3 is 0 Å². The van der Waals surface area contributed by atoms with Gasteiger partial charge in [0.05, 0.1) is 6.54 Å². The van der Waals surface area contributed by atoms with E-state index in [-0.39, 0.29) is 0 Å². The van der Waals surface area contributed by atoms with Gasteiger partial charge in [-0.1, -0.05) is 102 Å². The molecule has 6 nitrogen and oxygen atoms in total. The highest BCUT2D eigenvalue weighted by Crippen LogP contribution is 2.28. The first-order valence-electron chi connectivity index (χ1n) is 11.5. The Hall–Kier alpha value is -4.04. The summed E-state index contributed by atoms with van der Waals surface area (Å²) in [6, 6.07) is 46.8. The molecule has 0 radical (unpaired) electrons. The molecule has 1 N–H and O–H groups in total. The maximum Gasteiger partial charge on any atom is 0.243 e. The molecule has 0 amide bonds. The molecule has 0 aliphatic rings. The fraction of sp³-hybridized carbons (Fsp3) is 0.0333. The SMILES string of the molecule is [O-][Cl+3]([O-])([O-])[O-].c1ccc(CN[n+]2c(-c3ccccc3)cc(-c3ccccc3)cc2-c2ccccc2)cc1. The molecule has 0 unspecified atom stereocenters. The number of hydrogen-bond acceptors (Lipinski definition) is 5. The summed E-state index contributed by atoms with van der Waals surface area (Å²) >= 11 is 0. The minimum atomic E-state index is -4.94. The van der Waals surface area contributed by atoms with Gasteiger partial charge < -0.3 is 0 Å². The van der Waals surface area contributed by atoms with E-state index in [0.29, 0.717) is 0 Å². The lowest BCUT2D eigenvalue weighted by Gasteiger charge is -2.17. The summed E-state index contributed by atoms with van der Waals surface area (Å²) < 4.78 is 36.2. The standard InChI is InChI=1S/C30H25N2.ClHO4/c1-5-13-24(14-6-1)23-31-32-29(26-17-9-3-10-18-26)21-28(25-15-7-2-8-16-25)22-30(32)27-19-11-4-12-20-27;2-1(3,4)5/h1-22,31H,23H2;(H,2,3,4,5)/q+1;/p-1. The number of hydrogen-bond donors (Lipinski definition) is 1. The van der Waals surface area contributed by atoms with Crippen molar-refractivity contribution in [1.82, 2.24) is 0 Å². The number of halogens is 1. The predicted molar refractivity (Wildman–Crippen MR) is 132 cm³/mol. The molecule has 0 fully saturated rings. The van der Waals surface area contributed by atoms with Gasteiger partial charge in [-0.2, -0.15) is 5.43 Å². The molecule has 4 aromatic carbocycles. The fourth-order valence-electron chi connectivity index (χ4n) is 3.97. The van der Waals surface area contributed by atoms with Crippen LogP contribution in [-0.2, 0) is 6.54 Å². The van der Waals surface area contributed by atoms with Crippen molar-refractivity contribution >= 4 is 0 Å². The van der Waals surface area contributed by atoms with Gasteiger partial charge in [-0.25, -0.2) is 18.6 Å². The van der Waals surface area contributed by atoms with Crippen molar-refractivity contribution in [3.63, 3.8) is 0 Å². The quantitative estimate of drug-likeness (QED) is 0.350. The van der Waals surface area contributed by atoms with Crippen molar-refractivity contribution in [2.45, 2.75) is 6.54 Å². The molecule has 0 atom stereocenters. The van der Waals surface area contributed by atoms with Crippen molar-refractivity contribution in [1.29, 1.82) is 0 Å². The molecule has 0 aliphatic heterocycles. The van der Waals surface area contributed by atoms with Crippen LogP contribution in [0.2, 0.25) is 0 Å². The van der Waals surface area contributed by atoms with E-state index < -0.39 is 10.2 Å². The number of rotatable bonds is 6. The second-order valence-corrected chi connectivity index (χ2v) is 8.90. The van der Waals surface area contributed by atoms with Crippen LogP contribution >= 0.6 is 0 Å². The van der Waals surface area contributed by atoms with Gasteiger partial charge in [0.25, 0.3) is 0 Å². The molecule has 37 heavy (non-hydrogen) atoms. The summed E-state index contributed by atoms with van der Waals surface area (Å²) in [5.41, 5.74) is 11.9. The predicted octanol–water partition coefficient (Wildman–Crippen LogP) is 1.96. The van der Waals surface area contributed by atoms with Crippen LogP contribution in [0.15, 0.2) is 133 Å². The summed E-state index contributed by atoms with van der Waals surface area (Å²) in [5.74, 6) is 0. The summed E-state index contributed by atoms with van der Waals surface area (Å²) in [5, 5.41) is 0. The Bertz CT molecular complexity index is 1330. The van der Waals surface area contributed by atoms with Gasteiger partial charge in [-0.15, -0.1) is 10.2 Å². The van der Waals surface area contributed by atoms with E-state index in [2.05, 4.69) is 144 Å². The van der Waals surface area contributed by atoms with Crippen LogP contribution in [0.4, 0.5) is 0 Å². The zero-order chi connectivity index (χ0) is 26.1. The van der Waals surface area contributed by atoms with Gasteiger partial charge in [0.1, 0.15) is 0 Å². The molecule has 0 bridgehead atoms. The Kier molecular flexibility index (Phi) is 8.64. The third kappa shape index (κ3) is 7.72. The normalized spacial score (nSPS) is 10.8. The Balaban J connectivity index is 0.000000586. The van der Waals surface area contributed by atoms with E-state index >= 15 is 0 Å². The van der Waals surface area contributed by atoms with Crippen LogP contribution in [0.1, 0.15) is 5.56 Å². The van der Waals surface area contributed by atoms with E-state index in [4.69, 9.17) is 18.6 Å². The van der Waals surface area contributed by atoms with Gasteiger partial charge in [-0.3, -0.25) is 0 Å². The maximum absolute atomic E-state index is 8.49. The first-order valence-corrected chi connectivity index (χ1v) is 12.8. The molecule has 1 heterocycles. The van der Waals surface area contributed by atoms with Crippen molar-refractivity contribution in [3.8, 4) is 33.6 Å². The highest BCUT2D eigenvalue weighted by Gasteiger charge is 2.23. The van der Waals surface area contributed by atoms with E-state index in [9.17, 15) is 0 Å². The number of benzene rings is 4.